The van der Waals surface area contributed by atoms with E-state index in [1.54, 1.807) is 0 Å². The normalized spacial score (nSPS) is 22.2. The molecule has 3 nitrogen and oxygen atoms in total. The Labute approximate surface area is 98.5 Å². The molecule has 0 radical (unpaired) electrons. The van der Waals surface area contributed by atoms with Crippen molar-refractivity contribution in [3.05, 3.63) is 0 Å². The molecule has 90 valence electrons. The predicted octanol–water partition coefficient (Wildman–Crippen LogP) is 1.98. The average Bonchev–Trinajstić information content (AvgIpc) is 2.57. The Morgan fingerprint density at radius 2 is 2.25 bits per heavy atom. The van der Waals surface area contributed by atoms with E-state index in [0.29, 0.717) is 13.0 Å². The Balaban J connectivity index is 2.54. The van der Waals surface area contributed by atoms with Crippen LogP contribution in [0.15, 0.2) is 0 Å². The molecule has 0 saturated carbocycles. The lowest BCUT2D eigenvalue weighted by molar-refractivity contribution is -0.148. The van der Waals surface area contributed by atoms with Crippen molar-refractivity contribution in [1.29, 1.82) is 0 Å². The van der Waals surface area contributed by atoms with Gasteiger partial charge in [-0.1, -0.05) is 32.5 Å². The van der Waals surface area contributed by atoms with Crippen molar-refractivity contribution in [1.82, 2.24) is 0 Å². The molecule has 0 spiro atoms. The fourth-order valence-corrected chi connectivity index (χ4v) is 1.92. The molecule has 0 aromatic heterocycles. The summed E-state index contributed by atoms with van der Waals surface area (Å²) in [5, 5.41) is 0. The first-order chi connectivity index (χ1) is 7.42. The summed E-state index contributed by atoms with van der Waals surface area (Å²) in [4.78, 5) is 11.2. The van der Waals surface area contributed by atoms with Crippen LogP contribution in [0.1, 0.15) is 19.8 Å². The van der Waals surface area contributed by atoms with E-state index < -0.39 is 14.2 Å². The van der Waals surface area contributed by atoms with Crippen LogP contribution in [0.4, 0.5) is 0 Å². The fourth-order valence-electron chi connectivity index (χ4n) is 1.33. The zero-order valence-corrected chi connectivity index (χ0v) is 11.5. The van der Waals surface area contributed by atoms with E-state index in [9.17, 15) is 4.79 Å². The molecule has 1 saturated heterocycles. The number of hydrogen-bond donors (Lipinski definition) is 0. The van der Waals surface area contributed by atoms with Gasteiger partial charge in [0.15, 0.2) is 6.10 Å². The Morgan fingerprint density at radius 3 is 2.69 bits per heavy atom. The first kappa shape index (κ1) is 13.3. The number of carbonyl (C=O) groups excluding carboxylic acids is 1. The second-order valence-electron chi connectivity index (χ2n) is 5.00. The molecule has 1 aliphatic heterocycles. The molecule has 0 unspecified atom stereocenters. The summed E-state index contributed by atoms with van der Waals surface area (Å²) in [5.74, 6) is 2.90. The van der Waals surface area contributed by atoms with E-state index in [2.05, 4.69) is 31.1 Å². The molecule has 0 aromatic rings. The van der Waals surface area contributed by atoms with Gasteiger partial charge in [0.25, 0.3) is 0 Å². The highest BCUT2D eigenvalue weighted by atomic mass is 28.3. The van der Waals surface area contributed by atoms with Gasteiger partial charge >= 0.3 is 5.97 Å². The highest BCUT2D eigenvalue weighted by Crippen LogP contribution is 2.13. The summed E-state index contributed by atoms with van der Waals surface area (Å²) in [5.41, 5.74) is 3.27. The number of esters is 1. The number of carbonyl (C=O) groups is 1. The molecule has 0 amide bonds. The Kier molecular flexibility index (Phi) is 4.57. The summed E-state index contributed by atoms with van der Waals surface area (Å²) >= 11 is 0. The van der Waals surface area contributed by atoms with Crippen LogP contribution in [0.5, 0.6) is 0 Å². The van der Waals surface area contributed by atoms with Crippen molar-refractivity contribution >= 4 is 14.0 Å². The smallest absolute Gasteiger partial charge is 0.335 e. The standard InChI is InChI=1S/C12H20O3Si/c1-5-10(7-9-16(2,3)4)15-11-6-8-14-12(11)13/h10-11H,5-6,8H2,1-4H3/t10-,11-/m0/s1. The highest BCUT2D eigenvalue weighted by molar-refractivity contribution is 6.83. The number of rotatable bonds is 3. The Morgan fingerprint density at radius 1 is 1.56 bits per heavy atom. The van der Waals surface area contributed by atoms with E-state index in [1.807, 2.05) is 6.92 Å². The second kappa shape index (κ2) is 5.51. The van der Waals surface area contributed by atoms with Gasteiger partial charge < -0.3 is 9.47 Å². The van der Waals surface area contributed by atoms with Gasteiger partial charge in [-0.25, -0.2) is 4.79 Å². The maximum atomic E-state index is 11.2. The second-order valence-corrected chi connectivity index (χ2v) is 9.75. The predicted molar refractivity (Wildman–Crippen MR) is 65.7 cm³/mol. The maximum absolute atomic E-state index is 11.2. The van der Waals surface area contributed by atoms with Crippen LogP contribution < -0.4 is 0 Å². The SMILES string of the molecule is CC[C@@H](C#C[Si](C)(C)C)O[C@H]1CCOC1=O. The molecule has 2 atom stereocenters. The summed E-state index contributed by atoms with van der Waals surface area (Å²) in [6.45, 7) is 9.06. The van der Waals surface area contributed by atoms with Crippen molar-refractivity contribution in [2.45, 2.75) is 51.6 Å². The van der Waals surface area contributed by atoms with Crippen LogP contribution in [-0.4, -0.2) is 32.9 Å². The fraction of sp³-hybridized carbons (Fsp3) is 0.750. The number of ether oxygens (including phenoxy) is 2. The first-order valence-corrected chi connectivity index (χ1v) is 9.27. The van der Waals surface area contributed by atoms with Crippen LogP contribution in [0.2, 0.25) is 19.6 Å². The third kappa shape index (κ3) is 4.38. The van der Waals surface area contributed by atoms with Gasteiger partial charge in [-0.3, -0.25) is 0 Å². The number of cyclic esters (lactones) is 1. The van der Waals surface area contributed by atoms with Gasteiger partial charge in [0, 0.05) is 6.42 Å². The van der Waals surface area contributed by atoms with E-state index in [0.717, 1.165) is 6.42 Å². The van der Waals surface area contributed by atoms with Crippen molar-refractivity contribution in [3.63, 3.8) is 0 Å². The maximum Gasteiger partial charge on any atom is 0.335 e. The minimum absolute atomic E-state index is 0.137. The van der Waals surface area contributed by atoms with E-state index in [1.165, 1.54) is 0 Å². The minimum atomic E-state index is -1.37. The topological polar surface area (TPSA) is 35.5 Å². The van der Waals surface area contributed by atoms with Crippen LogP contribution >= 0.6 is 0 Å². The van der Waals surface area contributed by atoms with Gasteiger partial charge in [0.2, 0.25) is 0 Å². The summed E-state index contributed by atoms with van der Waals surface area (Å²) in [6.07, 6.45) is 0.925. The summed E-state index contributed by atoms with van der Waals surface area (Å²) in [7, 11) is -1.37. The lowest BCUT2D eigenvalue weighted by Gasteiger charge is -2.14. The largest absolute Gasteiger partial charge is 0.464 e. The van der Waals surface area contributed by atoms with Crippen molar-refractivity contribution < 1.29 is 14.3 Å². The quantitative estimate of drug-likeness (QED) is 0.430. The van der Waals surface area contributed by atoms with Gasteiger partial charge in [-0.2, -0.15) is 0 Å². The lowest BCUT2D eigenvalue weighted by atomic mass is 10.2. The Bertz CT molecular complexity index is 308. The molecule has 4 heteroatoms. The third-order valence-electron chi connectivity index (χ3n) is 2.19. The van der Waals surface area contributed by atoms with Crippen LogP contribution in [0.3, 0.4) is 0 Å². The third-order valence-corrected chi connectivity index (χ3v) is 3.09. The molecule has 16 heavy (non-hydrogen) atoms. The zero-order valence-electron chi connectivity index (χ0n) is 10.5. The Hall–Kier alpha value is -0.793. The molecule has 0 aliphatic carbocycles. The molecular weight excluding hydrogens is 220 g/mol. The van der Waals surface area contributed by atoms with E-state index in [4.69, 9.17) is 9.47 Å². The van der Waals surface area contributed by atoms with Crippen molar-refractivity contribution in [2.75, 3.05) is 6.61 Å². The highest BCUT2D eigenvalue weighted by Gasteiger charge is 2.29. The first-order valence-electron chi connectivity index (χ1n) is 5.77. The monoisotopic (exact) mass is 240 g/mol. The molecule has 1 fully saturated rings. The molecule has 0 bridgehead atoms. The van der Waals surface area contributed by atoms with Crippen molar-refractivity contribution in [3.8, 4) is 11.5 Å². The van der Waals surface area contributed by atoms with Crippen molar-refractivity contribution in [2.24, 2.45) is 0 Å². The summed E-state index contributed by atoms with van der Waals surface area (Å²) in [6, 6.07) is 0. The lowest BCUT2D eigenvalue weighted by Crippen LogP contribution is -2.25. The zero-order chi connectivity index (χ0) is 12.2. The molecule has 1 aliphatic rings. The molecule has 0 aromatic carbocycles. The van der Waals surface area contributed by atoms with E-state index >= 15 is 0 Å². The van der Waals surface area contributed by atoms with E-state index in [-0.39, 0.29) is 12.1 Å². The van der Waals surface area contributed by atoms with Gasteiger partial charge in [0.1, 0.15) is 14.2 Å². The average molecular weight is 240 g/mol. The van der Waals surface area contributed by atoms with Gasteiger partial charge in [-0.05, 0) is 6.42 Å². The molecule has 1 rings (SSSR count). The molecular formula is C12H20O3Si. The van der Waals surface area contributed by atoms with Crippen LogP contribution in [0, 0.1) is 11.5 Å². The number of hydrogen-bond acceptors (Lipinski definition) is 3. The minimum Gasteiger partial charge on any atom is -0.464 e. The summed E-state index contributed by atoms with van der Waals surface area (Å²) < 4.78 is 10.5. The van der Waals surface area contributed by atoms with Gasteiger partial charge in [-0.15, -0.1) is 5.54 Å². The van der Waals surface area contributed by atoms with Crippen LogP contribution in [0.25, 0.3) is 0 Å². The molecule has 1 heterocycles. The molecule has 0 N–H and O–H groups in total. The van der Waals surface area contributed by atoms with Gasteiger partial charge in [0.05, 0.1) is 6.61 Å². The van der Waals surface area contributed by atoms with Crippen LogP contribution in [-0.2, 0) is 14.3 Å².